The Bertz CT molecular complexity index is 731. The predicted octanol–water partition coefficient (Wildman–Crippen LogP) is -0.347. The normalized spacial score (nSPS) is 30.2. The van der Waals surface area contributed by atoms with E-state index in [1.807, 2.05) is 44.2 Å². The number of amides is 4. The first-order valence-electron chi connectivity index (χ1n) is 9.76. The maximum Gasteiger partial charge on any atom is 0.344 e. The van der Waals surface area contributed by atoms with Gasteiger partial charge in [0.15, 0.2) is 6.54 Å². The number of quaternary nitrogens is 1. The molecule has 0 aliphatic carbocycles. The minimum Gasteiger partial charge on any atom is -0.364 e. The lowest BCUT2D eigenvalue weighted by Gasteiger charge is -2.32. The molecule has 2 aliphatic rings. The Morgan fingerprint density at radius 2 is 1.89 bits per heavy atom. The molecule has 2 fully saturated rings. The minimum atomic E-state index is -1.03. The zero-order valence-electron chi connectivity index (χ0n) is 16.7. The Morgan fingerprint density at radius 3 is 2.54 bits per heavy atom. The fourth-order valence-corrected chi connectivity index (χ4v) is 3.92. The van der Waals surface area contributed by atoms with E-state index >= 15 is 0 Å². The van der Waals surface area contributed by atoms with Gasteiger partial charge in [-0.2, -0.15) is 5.01 Å². The van der Waals surface area contributed by atoms with Gasteiger partial charge in [0.25, 0.3) is 11.8 Å². The van der Waals surface area contributed by atoms with Crippen LogP contribution in [-0.2, 0) is 20.7 Å². The second-order valence-corrected chi connectivity index (χ2v) is 8.02. The lowest BCUT2D eigenvalue weighted by atomic mass is 9.93. The third-order valence-electron chi connectivity index (χ3n) is 5.28. The van der Waals surface area contributed by atoms with E-state index in [1.165, 1.54) is 0 Å². The molecule has 0 aromatic heterocycles. The largest absolute Gasteiger partial charge is 0.364 e. The number of nitrogens with one attached hydrogen (secondary N) is 3. The van der Waals surface area contributed by atoms with E-state index in [1.54, 1.807) is 6.92 Å². The van der Waals surface area contributed by atoms with E-state index in [0.717, 1.165) is 15.5 Å². The summed E-state index contributed by atoms with van der Waals surface area (Å²) >= 11 is 0. The van der Waals surface area contributed by atoms with Crippen LogP contribution in [0.1, 0.15) is 32.8 Å². The summed E-state index contributed by atoms with van der Waals surface area (Å²) in [4.78, 5) is 38.6. The number of carbonyl (C=O) groups excluding carboxylic acids is 3. The predicted molar refractivity (Wildman–Crippen MR) is 102 cm³/mol. The average molecular weight is 389 g/mol. The molecule has 0 spiro atoms. The van der Waals surface area contributed by atoms with Crippen molar-refractivity contribution in [2.24, 2.45) is 0 Å². The van der Waals surface area contributed by atoms with Crippen molar-refractivity contribution in [2.45, 2.75) is 51.4 Å². The number of hydrogen-bond acceptors (Lipinski definition) is 4. The highest BCUT2D eigenvalue weighted by Crippen LogP contribution is 2.22. The number of carbonyl (C=O) groups is 3. The summed E-state index contributed by atoms with van der Waals surface area (Å²) in [5.41, 5.74) is 2.54. The third kappa shape index (κ3) is 4.69. The Morgan fingerprint density at radius 1 is 1.25 bits per heavy atom. The minimum absolute atomic E-state index is 0.0737. The Kier molecular flexibility index (Phi) is 6.00. The number of benzene rings is 1. The SMILES string of the molecule is C[C@@H]1C[NH+](CC(=O)NN2C(=O)N[C@](C)(CCc3ccccc3)C2=O)C[C@H](C)O1. The molecule has 8 heteroatoms. The van der Waals surface area contributed by atoms with Gasteiger partial charge in [0, 0.05) is 0 Å². The molecule has 4 atom stereocenters. The second kappa shape index (κ2) is 8.28. The van der Waals surface area contributed by atoms with Gasteiger partial charge in [-0.15, -0.1) is 0 Å². The summed E-state index contributed by atoms with van der Waals surface area (Å²) < 4.78 is 5.67. The molecule has 1 aromatic carbocycles. The summed E-state index contributed by atoms with van der Waals surface area (Å²) in [5.74, 6) is -0.785. The van der Waals surface area contributed by atoms with E-state index < -0.39 is 17.5 Å². The maximum absolute atomic E-state index is 12.8. The smallest absolute Gasteiger partial charge is 0.344 e. The van der Waals surface area contributed by atoms with Gasteiger partial charge in [0.2, 0.25) is 0 Å². The summed E-state index contributed by atoms with van der Waals surface area (Å²) in [6, 6.07) is 9.19. The fraction of sp³-hybridized carbons (Fsp3) is 0.550. The van der Waals surface area contributed by atoms with Crippen LogP contribution >= 0.6 is 0 Å². The number of nitrogens with zero attached hydrogens (tertiary/aromatic N) is 1. The standard InChI is InChI=1S/C20H28N4O4/c1-14-11-23(12-15(2)28-14)13-17(25)22-24-18(26)20(3,21-19(24)27)10-9-16-7-5-4-6-8-16/h4-8,14-15H,9-13H2,1-3H3,(H,21,27)(H,22,25)/p+1/t14-,15+,20-/m1/s1. The Balaban J connectivity index is 1.56. The van der Waals surface area contributed by atoms with Crippen molar-refractivity contribution in [1.82, 2.24) is 15.8 Å². The van der Waals surface area contributed by atoms with Gasteiger partial charge < -0.3 is 15.0 Å². The molecule has 2 saturated heterocycles. The first-order valence-corrected chi connectivity index (χ1v) is 9.76. The van der Waals surface area contributed by atoms with Gasteiger partial charge in [0.1, 0.15) is 30.8 Å². The highest BCUT2D eigenvalue weighted by molar-refractivity contribution is 6.07. The molecule has 0 saturated carbocycles. The molecule has 4 amide bonds. The molecule has 2 heterocycles. The number of morpholine rings is 1. The molecule has 3 N–H and O–H groups in total. The van der Waals surface area contributed by atoms with Crippen LogP contribution < -0.4 is 15.6 Å². The van der Waals surface area contributed by atoms with E-state index in [0.29, 0.717) is 25.9 Å². The first-order chi connectivity index (χ1) is 13.3. The monoisotopic (exact) mass is 389 g/mol. The van der Waals surface area contributed by atoms with Gasteiger partial charge in [-0.05, 0) is 39.2 Å². The topological polar surface area (TPSA) is 92.2 Å². The van der Waals surface area contributed by atoms with Crippen LogP contribution in [0.3, 0.4) is 0 Å². The van der Waals surface area contributed by atoms with Crippen LogP contribution in [0.15, 0.2) is 30.3 Å². The lowest BCUT2D eigenvalue weighted by Crippen LogP contribution is -3.16. The molecule has 0 radical (unpaired) electrons. The van der Waals surface area contributed by atoms with E-state index in [-0.39, 0.29) is 24.7 Å². The van der Waals surface area contributed by atoms with Gasteiger partial charge in [0.05, 0.1) is 0 Å². The van der Waals surface area contributed by atoms with Crippen LogP contribution in [-0.4, -0.2) is 60.2 Å². The number of hydrogen-bond donors (Lipinski definition) is 3. The fourth-order valence-electron chi connectivity index (χ4n) is 3.92. The molecule has 28 heavy (non-hydrogen) atoms. The number of aryl methyl sites for hydroxylation is 1. The number of imide groups is 1. The summed E-state index contributed by atoms with van der Waals surface area (Å²) in [6.45, 7) is 7.26. The second-order valence-electron chi connectivity index (χ2n) is 8.02. The molecule has 0 bridgehead atoms. The summed E-state index contributed by atoms with van der Waals surface area (Å²) in [7, 11) is 0. The highest BCUT2D eigenvalue weighted by Gasteiger charge is 2.48. The van der Waals surface area contributed by atoms with Crippen LogP contribution in [0.5, 0.6) is 0 Å². The van der Waals surface area contributed by atoms with E-state index in [9.17, 15) is 14.4 Å². The quantitative estimate of drug-likeness (QED) is 0.580. The van der Waals surface area contributed by atoms with Crippen LogP contribution in [0.25, 0.3) is 0 Å². The van der Waals surface area contributed by atoms with Crippen molar-refractivity contribution in [3.8, 4) is 0 Å². The zero-order valence-corrected chi connectivity index (χ0v) is 16.7. The van der Waals surface area contributed by atoms with Crippen molar-refractivity contribution >= 4 is 17.8 Å². The van der Waals surface area contributed by atoms with Gasteiger partial charge in [-0.3, -0.25) is 15.0 Å². The molecule has 2 aliphatic heterocycles. The summed E-state index contributed by atoms with van der Waals surface area (Å²) in [6.07, 6.45) is 1.25. The molecular weight excluding hydrogens is 360 g/mol. The van der Waals surface area contributed by atoms with Crippen molar-refractivity contribution in [3.05, 3.63) is 35.9 Å². The third-order valence-corrected chi connectivity index (χ3v) is 5.28. The van der Waals surface area contributed by atoms with Crippen molar-refractivity contribution in [1.29, 1.82) is 0 Å². The Hall–Kier alpha value is -2.45. The van der Waals surface area contributed by atoms with Gasteiger partial charge in [-0.1, -0.05) is 30.3 Å². The van der Waals surface area contributed by atoms with Gasteiger partial charge in [-0.25, -0.2) is 4.79 Å². The zero-order chi connectivity index (χ0) is 20.3. The highest BCUT2D eigenvalue weighted by atomic mass is 16.5. The number of ether oxygens (including phenoxy) is 1. The Labute approximate surface area is 165 Å². The maximum atomic E-state index is 12.8. The van der Waals surface area contributed by atoms with Crippen LogP contribution in [0, 0.1) is 0 Å². The summed E-state index contributed by atoms with van der Waals surface area (Å²) in [5, 5.41) is 3.54. The van der Waals surface area contributed by atoms with E-state index in [2.05, 4.69) is 10.7 Å². The van der Waals surface area contributed by atoms with Crippen LogP contribution in [0.2, 0.25) is 0 Å². The van der Waals surface area contributed by atoms with Gasteiger partial charge >= 0.3 is 6.03 Å². The van der Waals surface area contributed by atoms with Crippen LogP contribution in [0.4, 0.5) is 4.79 Å². The first kappa shape index (κ1) is 20.3. The molecular formula is C20H29N4O4+. The van der Waals surface area contributed by atoms with E-state index in [4.69, 9.17) is 4.74 Å². The average Bonchev–Trinajstić information content (AvgIpc) is 2.83. The van der Waals surface area contributed by atoms with Crippen molar-refractivity contribution in [2.75, 3.05) is 19.6 Å². The molecule has 1 aromatic rings. The number of urea groups is 1. The van der Waals surface area contributed by atoms with Crippen molar-refractivity contribution < 1.29 is 24.0 Å². The molecule has 152 valence electrons. The number of rotatable bonds is 6. The number of hydrazine groups is 1. The molecule has 8 nitrogen and oxygen atoms in total. The molecule has 3 rings (SSSR count). The van der Waals surface area contributed by atoms with Crippen molar-refractivity contribution in [3.63, 3.8) is 0 Å². The molecule has 1 unspecified atom stereocenters. The lowest BCUT2D eigenvalue weighted by molar-refractivity contribution is -0.907.